The van der Waals surface area contributed by atoms with E-state index in [1.165, 1.54) is 44.9 Å². The Morgan fingerprint density at radius 2 is 1.45 bits per heavy atom. The molecule has 0 unspecified atom stereocenters. The third kappa shape index (κ3) is 5.82. The Kier molecular flexibility index (Phi) is 8.86. The molecule has 0 aliphatic heterocycles. The predicted octanol–water partition coefficient (Wildman–Crippen LogP) is 4.51. The van der Waals surface area contributed by atoms with Crippen molar-refractivity contribution in [3.63, 3.8) is 0 Å². The number of nitrogens with two attached hydrogens (primary N) is 1. The maximum absolute atomic E-state index is 6.17. The number of unbranched alkanes of at least 4 members (excludes halogenated alkanes) is 6. The molecule has 1 aromatic heterocycles. The van der Waals surface area contributed by atoms with Crippen LogP contribution in [-0.2, 0) is 6.42 Å². The van der Waals surface area contributed by atoms with Gasteiger partial charge in [0, 0.05) is 24.3 Å². The van der Waals surface area contributed by atoms with E-state index in [-0.39, 0.29) is 0 Å². The summed E-state index contributed by atoms with van der Waals surface area (Å²) in [4.78, 5) is 11.3. The van der Waals surface area contributed by atoms with Gasteiger partial charge < -0.3 is 10.6 Å². The number of nitrogen functional groups attached to an aromatic ring is 1. The fraction of sp³-hybridized carbons (Fsp3) is 0.778. The molecule has 4 nitrogen and oxygen atoms in total. The lowest BCUT2D eigenvalue weighted by Gasteiger charge is -2.20. The van der Waals surface area contributed by atoms with Gasteiger partial charge in [0.2, 0.25) is 5.95 Å². The molecule has 0 saturated heterocycles. The molecule has 1 rings (SSSR count). The maximum atomic E-state index is 6.17. The van der Waals surface area contributed by atoms with Crippen LogP contribution in [0.2, 0.25) is 0 Å². The van der Waals surface area contributed by atoms with E-state index >= 15 is 0 Å². The quantitative estimate of drug-likeness (QED) is 0.611. The zero-order chi connectivity index (χ0) is 16.4. The van der Waals surface area contributed by atoms with Crippen molar-refractivity contribution in [3.8, 4) is 0 Å². The normalized spacial score (nSPS) is 10.9. The first-order valence-electron chi connectivity index (χ1n) is 9.01. The van der Waals surface area contributed by atoms with E-state index in [0.717, 1.165) is 36.7 Å². The largest absolute Gasteiger partial charge is 0.383 e. The van der Waals surface area contributed by atoms with Crippen LogP contribution < -0.4 is 10.6 Å². The maximum Gasteiger partial charge on any atom is 0.227 e. The summed E-state index contributed by atoms with van der Waals surface area (Å²) in [6, 6.07) is 0. The van der Waals surface area contributed by atoms with E-state index < -0.39 is 0 Å². The van der Waals surface area contributed by atoms with Crippen molar-refractivity contribution in [2.45, 2.75) is 79.1 Å². The smallest absolute Gasteiger partial charge is 0.227 e. The fourth-order valence-corrected chi connectivity index (χ4v) is 2.82. The average Bonchev–Trinajstić information content (AvgIpc) is 2.50. The SMILES string of the molecule is CCCCCCCCCc1c(C)nc(N(CC)CC)nc1N. The Bertz CT molecular complexity index is 404. The van der Waals surface area contributed by atoms with Gasteiger partial charge >= 0.3 is 0 Å². The molecule has 0 atom stereocenters. The summed E-state index contributed by atoms with van der Waals surface area (Å²) in [6.07, 6.45) is 10.2. The first-order chi connectivity index (χ1) is 10.6. The van der Waals surface area contributed by atoms with Crippen LogP contribution in [0.3, 0.4) is 0 Å². The highest BCUT2D eigenvalue weighted by atomic mass is 15.3. The van der Waals surface area contributed by atoms with E-state index in [1.807, 2.05) is 0 Å². The highest BCUT2D eigenvalue weighted by Gasteiger charge is 2.12. The minimum absolute atomic E-state index is 0.667. The van der Waals surface area contributed by atoms with E-state index in [2.05, 4.69) is 42.6 Å². The van der Waals surface area contributed by atoms with Gasteiger partial charge in [-0.3, -0.25) is 0 Å². The monoisotopic (exact) mass is 306 g/mol. The van der Waals surface area contributed by atoms with Crippen LogP contribution >= 0.6 is 0 Å². The van der Waals surface area contributed by atoms with E-state index in [9.17, 15) is 0 Å². The molecule has 0 bridgehead atoms. The number of nitrogens with zero attached hydrogens (tertiary/aromatic N) is 3. The number of aryl methyl sites for hydroxylation is 1. The molecule has 0 fully saturated rings. The molecule has 22 heavy (non-hydrogen) atoms. The van der Waals surface area contributed by atoms with Crippen molar-refractivity contribution in [2.75, 3.05) is 23.7 Å². The molecule has 1 heterocycles. The number of anilines is 2. The molecule has 4 heteroatoms. The highest BCUT2D eigenvalue weighted by Crippen LogP contribution is 2.20. The average molecular weight is 306 g/mol. The van der Waals surface area contributed by atoms with Crippen molar-refractivity contribution < 1.29 is 0 Å². The summed E-state index contributed by atoms with van der Waals surface area (Å²) in [6.45, 7) is 10.4. The third-order valence-electron chi connectivity index (χ3n) is 4.31. The van der Waals surface area contributed by atoms with Crippen LogP contribution in [0.1, 0.15) is 77.0 Å². The van der Waals surface area contributed by atoms with Gasteiger partial charge in [0.15, 0.2) is 0 Å². The van der Waals surface area contributed by atoms with Gasteiger partial charge in [-0.25, -0.2) is 4.98 Å². The Morgan fingerprint density at radius 1 is 0.864 bits per heavy atom. The van der Waals surface area contributed by atoms with E-state index in [4.69, 9.17) is 5.73 Å². The first-order valence-corrected chi connectivity index (χ1v) is 9.01. The summed E-state index contributed by atoms with van der Waals surface area (Å²) in [5, 5.41) is 0. The second kappa shape index (κ2) is 10.4. The molecule has 126 valence electrons. The summed E-state index contributed by atoms with van der Waals surface area (Å²) >= 11 is 0. The van der Waals surface area contributed by atoms with Gasteiger partial charge in [-0.1, -0.05) is 45.4 Å². The molecule has 1 aromatic rings. The van der Waals surface area contributed by atoms with Crippen molar-refractivity contribution in [2.24, 2.45) is 0 Å². The lowest BCUT2D eigenvalue weighted by atomic mass is 10.0. The lowest BCUT2D eigenvalue weighted by Crippen LogP contribution is -2.25. The Balaban J connectivity index is 2.50. The second-order valence-electron chi connectivity index (χ2n) is 6.02. The predicted molar refractivity (Wildman–Crippen MR) is 96.4 cm³/mol. The molecule has 0 aromatic carbocycles. The number of aromatic nitrogens is 2. The van der Waals surface area contributed by atoms with Crippen molar-refractivity contribution >= 4 is 11.8 Å². The molecular formula is C18H34N4. The van der Waals surface area contributed by atoms with Gasteiger partial charge in [0.1, 0.15) is 5.82 Å². The van der Waals surface area contributed by atoms with Crippen LogP contribution in [0.15, 0.2) is 0 Å². The summed E-state index contributed by atoms with van der Waals surface area (Å²) < 4.78 is 0. The molecule has 0 saturated carbocycles. The highest BCUT2D eigenvalue weighted by molar-refractivity contribution is 5.47. The summed E-state index contributed by atoms with van der Waals surface area (Å²) in [5.41, 5.74) is 8.36. The zero-order valence-corrected chi connectivity index (χ0v) is 15.0. The Morgan fingerprint density at radius 3 is 2.00 bits per heavy atom. The topological polar surface area (TPSA) is 55.0 Å². The van der Waals surface area contributed by atoms with Gasteiger partial charge in [-0.2, -0.15) is 4.98 Å². The van der Waals surface area contributed by atoms with Crippen LogP contribution in [0.25, 0.3) is 0 Å². The molecule has 2 N–H and O–H groups in total. The third-order valence-corrected chi connectivity index (χ3v) is 4.31. The standard InChI is InChI=1S/C18H34N4/c1-5-8-9-10-11-12-13-14-16-15(4)20-18(21-17(16)19)22(6-2)7-3/h5-14H2,1-4H3,(H2,19,20,21). The van der Waals surface area contributed by atoms with E-state index in [1.54, 1.807) is 0 Å². The lowest BCUT2D eigenvalue weighted by molar-refractivity contribution is 0.588. The van der Waals surface area contributed by atoms with Gasteiger partial charge in [0.25, 0.3) is 0 Å². The molecule has 0 amide bonds. The molecule has 0 aliphatic carbocycles. The van der Waals surface area contributed by atoms with Crippen molar-refractivity contribution in [1.82, 2.24) is 9.97 Å². The van der Waals surface area contributed by atoms with Gasteiger partial charge in [0.05, 0.1) is 0 Å². The second-order valence-corrected chi connectivity index (χ2v) is 6.02. The molecule has 0 radical (unpaired) electrons. The fourth-order valence-electron chi connectivity index (χ4n) is 2.82. The van der Waals surface area contributed by atoms with E-state index in [0.29, 0.717) is 5.82 Å². The minimum atomic E-state index is 0.667. The number of hydrogen-bond donors (Lipinski definition) is 1. The first kappa shape index (κ1) is 18.7. The van der Waals surface area contributed by atoms with Crippen LogP contribution in [-0.4, -0.2) is 23.1 Å². The van der Waals surface area contributed by atoms with Gasteiger partial charge in [-0.05, 0) is 33.6 Å². The van der Waals surface area contributed by atoms with Crippen LogP contribution in [0, 0.1) is 6.92 Å². The minimum Gasteiger partial charge on any atom is -0.383 e. The summed E-state index contributed by atoms with van der Waals surface area (Å²) in [5.74, 6) is 1.43. The van der Waals surface area contributed by atoms with Crippen LogP contribution in [0.5, 0.6) is 0 Å². The Labute approximate surface area is 136 Å². The summed E-state index contributed by atoms with van der Waals surface area (Å²) in [7, 11) is 0. The molecule has 0 aliphatic rings. The van der Waals surface area contributed by atoms with Crippen LogP contribution in [0.4, 0.5) is 11.8 Å². The number of rotatable bonds is 11. The van der Waals surface area contributed by atoms with Crippen molar-refractivity contribution in [3.05, 3.63) is 11.3 Å². The zero-order valence-electron chi connectivity index (χ0n) is 15.0. The Hall–Kier alpha value is -1.32. The van der Waals surface area contributed by atoms with Crippen molar-refractivity contribution in [1.29, 1.82) is 0 Å². The number of hydrogen-bond acceptors (Lipinski definition) is 4. The van der Waals surface area contributed by atoms with Gasteiger partial charge in [-0.15, -0.1) is 0 Å². The molecule has 0 spiro atoms. The molecular weight excluding hydrogens is 272 g/mol.